The molecule has 140 valence electrons. The van der Waals surface area contributed by atoms with E-state index < -0.39 is 17.7 Å². The zero-order valence-electron chi connectivity index (χ0n) is 14.7. The predicted molar refractivity (Wildman–Crippen MR) is 110 cm³/mol. The molecule has 1 saturated heterocycles. The van der Waals surface area contributed by atoms with Crippen molar-refractivity contribution in [3.05, 3.63) is 80.8 Å². The van der Waals surface area contributed by atoms with Crippen LogP contribution in [0, 0.1) is 6.92 Å². The van der Waals surface area contributed by atoms with Crippen LogP contribution < -0.4 is 4.90 Å². The molecule has 1 amide bonds. The molecule has 1 aromatic heterocycles. The van der Waals surface area contributed by atoms with Gasteiger partial charge in [-0.2, -0.15) is 0 Å². The molecule has 1 aliphatic rings. The van der Waals surface area contributed by atoms with Gasteiger partial charge < -0.3 is 5.11 Å². The van der Waals surface area contributed by atoms with Gasteiger partial charge in [0, 0.05) is 10.0 Å². The second-order valence-corrected chi connectivity index (χ2v) is 8.27. The van der Waals surface area contributed by atoms with Gasteiger partial charge in [0.05, 0.1) is 11.6 Å². The zero-order chi connectivity index (χ0) is 19.8. The lowest BCUT2D eigenvalue weighted by molar-refractivity contribution is -0.132. The van der Waals surface area contributed by atoms with E-state index in [-0.39, 0.29) is 11.3 Å². The van der Waals surface area contributed by atoms with Gasteiger partial charge in [0.1, 0.15) is 10.8 Å². The van der Waals surface area contributed by atoms with Gasteiger partial charge in [-0.15, -0.1) is 10.2 Å². The predicted octanol–water partition coefficient (Wildman–Crippen LogP) is 4.24. The second kappa shape index (κ2) is 7.29. The van der Waals surface area contributed by atoms with Crippen LogP contribution in [0.15, 0.2) is 64.6 Å². The number of hydrogen-bond acceptors (Lipinski definition) is 6. The van der Waals surface area contributed by atoms with E-state index in [1.165, 1.54) is 16.2 Å². The van der Waals surface area contributed by atoms with E-state index >= 15 is 0 Å². The third kappa shape index (κ3) is 3.14. The van der Waals surface area contributed by atoms with Crippen LogP contribution in [0.3, 0.4) is 0 Å². The summed E-state index contributed by atoms with van der Waals surface area (Å²) in [6, 6.07) is 15.2. The molecular formula is C20H14BrN3O3S. The van der Waals surface area contributed by atoms with E-state index in [1.807, 2.05) is 18.2 Å². The molecular weight excluding hydrogens is 442 g/mol. The molecule has 0 radical (unpaired) electrons. The van der Waals surface area contributed by atoms with Gasteiger partial charge in [0.2, 0.25) is 5.13 Å². The van der Waals surface area contributed by atoms with Crippen LogP contribution >= 0.6 is 27.3 Å². The van der Waals surface area contributed by atoms with Crippen LogP contribution in [0.4, 0.5) is 5.13 Å². The van der Waals surface area contributed by atoms with E-state index in [4.69, 9.17) is 0 Å². The molecule has 0 spiro atoms. The van der Waals surface area contributed by atoms with Crippen molar-refractivity contribution >= 4 is 49.8 Å². The van der Waals surface area contributed by atoms with Gasteiger partial charge in [-0.25, -0.2) is 0 Å². The Hall–Kier alpha value is -2.84. The van der Waals surface area contributed by atoms with E-state index in [0.717, 1.165) is 4.47 Å². The molecule has 1 N–H and O–H groups in total. The Bertz CT molecular complexity index is 1090. The summed E-state index contributed by atoms with van der Waals surface area (Å²) in [5.41, 5.74) is 1.19. The molecule has 3 aromatic rings. The number of amides is 1. The number of aliphatic hydroxyl groups excluding tert-OH is 1. The molecule has 1 atom stereocenters. The number of carbonyl (C=O) groups is 2. The van der Waals surface area contributed by atoms with Gasteiger partial charge in [-0.05, 0) is 24.6 Å². The van der Waals surface area contributed by atoms with Crippen molar-refractivity contribution in [2.24, 2.45) is 0 Å². The monoisotopic (exact) mass is 455 g/mol. The number of carbonyl (C=O) groups excluding carboxylic acids is 2. The van der Waals surface area contributed by atoms with Crippen molar-refractivity contribution in [2.75, 3.05) is 4.90 Å². The fourth-order valence-corrected chi connectivity index (χ4v) is 4.10. The largest absolute Gasteiger partial charge is 0.507 e. The van der Waals surface area contributed by atoms with Crippen LogP contribution in [0.1, 0.15) is 22.2 Å². The zero-order valence-corrected chi connectivity index (χ0v) is 17.1. The average Bonchev–Trinajstić information content (AvgIpc) is 3.24. The normalized spacial score (nSPS) is 18.6. The van der Waals surface area contributed by atoms with Crippen molar-refractivity contribution < 1.29 is 14.7 Å². The number of anilines is 1. The summed E-state index contributed by atoms with van der Waals surface area (Å²) in [4.78, 5) is 27.1. The lowest BCUT2D eigenvalue weighted by Gasteiger charge is -2.22. The first kappa shape index (κ1) is 18.5. The highest BCUT2D eigenvalue weighted by Crippen LogP contribution is 2.43. The van der Waals surface area contributed by atoms with Gasteiger partial charge in [-0.3, -0.25) is 14.5 Å². The van der Waals surface area contributed by atoms with Crippen molar-refractivity contribution in [3.63, 3.8) is 0 Å². The molecule has 1 fully saturated rings. The standard InChI is InChI=1S/C20H14BrN3O3S/c1-11-22-23-20(28-11)24-16(12-7-9-14(21)10-8-12)15(18(26)19(24)27)17(25)13-5-3-2-4-6-13/h2-10,16,25H,1H3/t16-/m0/s1. The van der Waals surface area contributed by atoms with E-state index in [9.17, 15) is 14.7 Å². The first-order chi connectivity index (χ1) is 13.5. The van der Waals surface area contributed by atoms with E-state index in [2.05, 4.69) is 26.1 Å². The summed E-state index contributed by atoms with van der Waals surface area (Å²) in [7, 11) is 0. The minimum atomic E-state index is -0.791. The number of nitrogens with zero attached hydrogens (tertiary/aromatic N) is 3. The highest BCUT2D eigenvalue weighted by atomic mass is 79.9. The van der Waals surface area contributed by atoms with E-state index in [0.29, 0.717) is 21.3 Å². The third-order valence-corrected chi connectivity index (χ3v) is 5.77. The minimum absolute atomic E-state index is 0.0337. The Kier molecular flexibility index (Phi) is 4.82. The van der Waals surface area contributed by atoms with Crippen LogP contribution in [-0.2, 0) is 9.59 Å². The quantitative estimate of drug-likeness (QED) is 0.362. The average molecular weight is 456 g/mol. The Morgan fingerprint density at radius 1 is 1.07 bits per heavy atom. The molecule has 28 heavy (non-hydrogen) atoms. The molecule has 0 saturated carbocycles. The number of benzene rings is 2. The van der Waals surface area contributed by atoms with Crippen molar-refractivity contribution in [1.82, 2.24) is 10.2 Å². The van der Waals surface area contributed by atoms with Crippen LogP contribution in [0.5, 0.6) is 0 Å². The molecule has 0 unspecified atom stereocenters. The Labute approximate surface area is 173 Å². The van der Waals surface area contributed by atoms with Gasteiger partial charge in [0.15, 0.2) is 0 Å². The summed E-state index contributed by atoms with van der Waals surface area (Å²) < 4.78 is 0.864. The van der Waals surface area contributed by atoms with Crippen molar-refractivity contribution in [1.29, 1.82) is 0 Å². The lowest BCUT2D eigenvalue weighted by Crippen LogP contribution is -2.29. The molecule has 2 heterocycles. The SMILES string of the molecule is Cc1nnc(N2C(=O)C(=O)C(=C(O)c3ccccc3)[C@@H]2c2ccc(Br)cc2)s1. The topological polar surface area (TPSA) is 83.4 Å². The summed E-state index contributed by atoms with van der Waals surface area (Å²) in [5, 5.41) is 19.9. The number of ketones is 1. The van der Waals surface area contributed by atoms with Crippen LogP contribution in [0.2, 0.25) is 0 Å². The molecule has 8 heteroatoms. The van der Waals surface area contributed by atoms with Crippen LogP contribution in [0.25, 0.3) is 5.76 Å². The van der Waals surface area contributed by atoms with Crippen LogP contribution in [-0.4, -0.2) is 27.0 Å². The summed E-state index contributed by atoms with van der Waals surface area (Å²) >= 11 is 4.61. The summed E-state index contributed by atoms with van der Waals surface area (Å²) in [6.45, 7) is 1.77. The maximum Gasteiger partial charge on any atom is 0.301 e. The fraction of sp³-hybridized carbons (Fsp3) is 0.100. The van der Waals surface area contributed by atoms with Crippen molar-refractivity contribution in [2.45, 2.75) is 13.0 Å². The molecule has 0 bridgehead atoms. The molecule has 0 aliphatic carbocycles. The highest BCUT2D eigenvalue weighted by Gasteiger charge is 2.48. The summed E-state index contributed by atoms with van der Waals surface area (Å²) in [5.74, 6) is -1.70. The first-order valence-corrected chi connectivity index (χ1v) is 10.0. The number of halogens is 1. The smallest absolute Gasteiger partial charge is 0.301 e. The third-order valence-electron chi connectivity index (χ3n) is 4.40. The Morgan fingerprint density at radius 2 is 1.75 bits per heavy atom. The van der Waals surface area contributed by atoms with Gasteiger partial charge in [0.25, 0.3) is 5.78 Å². The first-order valence-electron chi connectivity index (χ1n) is 8.39. The van der Waals surface area contributed by atoms with Crippen molar-refractivity contribution in [3.8, 4) is 0 Å². The lowest BCUT2D eigenvalue weighted by atomic mass is 9.95. The minimum Gasteiger partial charge on any atom is -0.507 e. The number of Topliss-reactive ketones (excluding diaryl/α,β-unsaturated/α-hetero) is 1. The summed E-state index contributed by atoms with van der Waals surface area (Å²) in [6.07, 6.45) is 0. The molecule has 4 rings (SSSR count). The van der Waals surface area contributed by atoms with Gasteiger partial charge in [-0.1, -0.05) is 69.7 Å². The maximum absolute atomic E-state index is 12.9. The number of aromatic nitrogens is 2. The maximum atomic E-state index is 12.9. The van der Waals surface area contributed by atoms with E-state index in [1.54, 1.807) is 43.3 Å². The molecule has 2 aromatic carbocycles. The Balaban J connectivity index is 1.94. The number of hydrogen-bond donors (Lipinski definition) is 1. The number of aryl methyl sites for hydroxylation is 1. The number of rotatable bonds is 3. The molecule has 1 aliphatic heterocycles. The second-order valence-electron chi connectivity index (χ2n) is 6.19. The number of aliphatic hydroxyl groups is 1. The Morgan fingerprint density at radius 3 is 2.36 bits per heavy atom. The highest BCUT2D eigenvalue weighted by molar-refractivity contribution is 9.10. The fourth-order valence-electron chi connectivity index (χ4n) is 3.13. The van der Waals surface area contributed by atoms with Gasteiger partial charge >= 0.3 is 5.91 Å². The molecule has 6 nitrogen and oxygen atoms in total.